The highest BCUT2D eigenvalue weighted by atomic mass is 35.5. The zero-order valence-corrected chi connectivity index (χ0v) is 19.3. The van der Waals surface area contributed by atoms with Gasteiger partial charge in [0, 0.05) is 40.1 Å². The van der Waals surface area contributed by atoms with Crippen molar-refractivity contribution >= 4 is 28.2 Å². The monoisotopic (exact) mass is 450 g/mol. The molecule has 2 aromatic carbocycles. The first-order chi connectivity index (χ1) is 15.5. The Labute approximate surface area is 191 Å². The fraction of sp³-hybridized carbons (Fsp3) is 0.280. The quantitative estimate of drug-likeness (QED) is 0.357. The highest BCUT2D eigenvalue weighted by Crippen LogP contribution is 2.23. The Morgan fingerprint density at radius 3 is 2.66 bits per heavy atom. The summed E-state index contributed by atoms with van der Waals surface area (Å²) in [6, 6.07) is 13.2. The van der Waals surface area contributed by atoms with E-state index in [-0.39, 0.29) is 5.56 Å². The van der Waals surface area contributed by atoms with Crippen molar-refractivity contribution in [3.63, 3.8) is 0 Å². The van der Waals surface area contributed by atoms with Crippen molar-refractivity contribution in [2.45, 2.75) is 33.1 Å². The van der Waals surface area contributed by atoms with Crippen molar-refractivity contribution in [3.8, 4) is 11.4 Å². The molecular formula is C25H27ClN4O2. The van der Waals surface area contributed by atoms with E-state index in [0.717, 1.165) is 58.6 Å². The van der Waals surface area contributed by atoms with E-state index >= 15 is 0 Å². The number of aliphatic imine (C=N–C) groups is 1. The van der Waals surface area contributed by atoms with Crippen LogP contribution >= 0.6 is 11.6 Å². The standard InChI is InChI=1S/C25H27ClN4O2/c1-4-5-23-24(25(31)30(29-23)19-7-9-20(32-3)10-8-19)16(2)27-13-12-17-15-28-22-11-6-18(26)14-21(17)22/h6-11,14-15,28-29H,4-5,12-13H2,1-3H3. The average molecular weight is 451 g/mol. The van der Waals surface area contributed by atoms with E-state index in [1.165, 1.54) is 0 Å². The number of rotatable bonds is 8. The van der Waals surface area contributed by atoms with Crippen molar-refractivity contribution in [1.29, 1.82) is 0 Å². The summed E-state index contributed by atoms with van der Waals surface area (Å²) in [5, 5.41) is 5.11. The second-order valence-electron chi connectivity index (χ2n) is 7.77. The summed E-state index contributed by atoms with van der Waals surface area (Å²) in [4.78, 5) is 21.3. The first kappa shape index (κ1) is 22.0. The third-order valence-corrected chi connectivity index (χ3v) is 5.85. The molecule has 6 nitrogen and oxygen atoms in total. The van der Waals surface area contributed by atoms with E-state index in [4.69, 9.17) is 21.3 Å². The van der Waals surface area contributed by atoms with E-state index in [2.05, 4.69) is 17.0 Å². The zero-order chi connectivity index (χ0) is 22.7. The third-order valence-electron chi connectivity index (χ3n) is 5.62. The molecule has 4 rings (SSSR count). The molecule has 7 heteroatoms. The Morgan fingerprint density at radius 2 is 1.94 bits per heavy atom. The molecule has 0 radical (unpaired) electrons. The van der Waals surface area contributed by atoms with E-state index in [9.17, 15) is 4.79 Å². The fourth-order valence-electron chi connectivity index (χ4n) is 3.98. The van der Waals surface area contributed by atoms with E-state index in [0.29, 0.717) is 17.1 Å². The van der Waals surface area contributed by atoms with Gasteiger partial charge < -0.3 is 9.72 Å². The van der Waals surface area contributed by atoms with E-state index in [1.807, 2.05) is 55.6 Å². The number of H-pyrrole nitrogens is 2. The van der Waals surface area contributed by atoms with Crippen molar-refractivity contribution in [1.82, 2.24) is 14.8 Å². The summed E-state index contributed by atoms with van der Waals surface area (Å²) in [6.07, 6.45) is 4.47. The summed E-state index contributed by atoms with van der Waals surface area (Å²) in [6.45, 7) is 4.60. The second-order valence-corrected chi connectivity index (χ2v) is 8.21. The van der Waals surface area contributed by atoms with Gasteiger partial charge >= 0.3 is 0 Å². The first-order valence-corrected chi connectivity index (χ1v) is 11.1. The Hall–Kier alpha value is -3.25. The summed E-state index contributed by atoms with van der Waals surface area (Å²) in [7, 11) is 1.62. The number of ether oxygens (including phenoxy) is 1. The summed E-state index contributed by atoms with van der Waals surface area (Å²) >= 11 is 6.16. The molecule has 0 fully saturated rings. The molecule has 0 saturated carbocycles. The van der Waals surface area contributed by atoms with E-state index in [1.54, 1.807) is 11.8 Å². The van der Waals surface area contributed by atoms with Crippen LogP contribution in [0, 0.1) is 0 Å². The van der Waals surface area contributed by atoms with Crippen LogP contribution in [0.1, 0.15) is 37.1 Å². The summed E-state index contributed by atoms with van der Waals surface area (Å²) < 4.78 is 6.81. The molecule has 0 aliphatic heterocycles. The van der Waals surface area contributed by atoms with Crippen molar-refractivity contribution in [3.05, 3.63) is 80.9 Å². The lowest BCUT2D eigenvalue weighted by atomic mass is 10.1. The van der Waals surface area contributed by atoms with Crippen LogP contribution in [0.5, 0.6) is 5.75 Å². The minimum atomic E-state index is -0.0845. The van der Waals surface area contributed by atoms with Crippen LogP contribution in [-0.4, -0.2) is 34.1 Å². The molecule has 0 atom stereocenters. The van der Waals surface area contributed by atoms with E-state index < -0.39 is 0 Å². The molecule has 2 heterocycles. The van der Waals surface area contributed by atoms with Gasteiger partial charge in [0.25, 0.3) is 5.56 Å². The Bertz CT molecular complexity index is 1310. The van der Waals surface area contributed by atoms with Gasteiger partial charge in [-0.25, -0.2) is 4.68 Å². The Morgan fingerprint density at radius 1 is 1.16 bits per heavy atom. The normalized spacial score (nSPS) is 11.9. The van der Waals surface area contributed by atoms with Gasteiger partial charge in [0.15, 0.2) is 0 Å². The Balaban J connectivity index is 1.60. The van der Waals surface area contributed by atoms with Crippen LogP contribution in [0.2, 0.25) is 5.02 Å². The number of aryl methyl sites for hydroxylation is 1. The largest absolute Gasteiger partial charge is 0.497 e. The molecule has 2 N–H and O–H groups in total. The molecule has 0 amide bonds. The number of benzene rings is 2. The minimum absolute atomic E-state index is 0.0845. The number of aromatic nitrogens is 3. The Kier molecular flexibility index (Phi) is 6.51. The van der Waals surface area contributed by atoms with Gasteiger partial charge in [0.2, 0.25) is 0 Å². The second kappa shape index (κ2) is 9.49. The predicted molar refractivity (Wildman–Crippen MR) is 131 cm³/mol. The van der Waals surface area contributed by atoms with Gasteiger partial charge in [-0.1, -0.05) is 24.9 Å². The summed E-state index contributed by atoms with van der Waals surface area (Å²) in [5.74, 6) is 0.749. The molecule has 0 spiro atoms. The molecule has 2 aromatic heterocycles. The van der Waals surface area contributed by atoms with Gasteiger partial charge in [-0.15, -0.1) is 0 Å². The zero-order valence-electron chi connectivity index (χ0n) is 18.5. The molecule has 0 saturated heterocycles. The van der Waals surface area contributed by atoms with Gasteiger partial charge in [0.1, 0.15) is 5.75 Å². The van der Waals surface area contributed by atoms with Crippen molar-refractivity contribution < 1.29 is 4.74 Å². The highest BCUT2D eigenvalue weighted by Gasteiger charge is 2.17. The number of hydrogen-bond donors (Lipinski definition) is 2. The number of fused-ring (bicyclic) bond motifs is 1. The van der Waals surface area contributed by atoms with Gasteiger partial charge in [-0.05, 0) is 67.8 Å². The average Bonchev–Trinajstić information content (AvgIpc) is 3.34. The van der Waals surface area contributed by atoms with Gasteiger partial charge in [0.05, 0.1) is 18.4 Å². The summed E-state index contributed by atoms with van der Waals surface area (Å²) in [5.41, 5.74) is 5.22. The molecule has 0 aliphatic rings. The van der Waals surface area contributed by atoms with Crippen molar-refractivity contribution in [2.75, 3.05) is 13.7 Å². The lowest BCUT2D eigenvalue weighted by molar-refractivity contribution is 0.414. The number of hydrogen-bond acceptors (Lipinski definition) is 3. The molecule has 0 bridgehead atoms. The maximum atomic E-state index is 13.3. The molecule has 0 unspecified atom stereocenters. The van der Waals surface area contributed by atoms with Crippen LogP contribution < -0.4 is 10.3 Å². The highest BCUT2D eigenvalue weighted by molar-refractivity contribution is 6.31. The fourth-order valence-corrected chi connectivity index (χ4v) is 4.15. The van der Waals surface area contributed by atoms with Crippen LogP contribution in [0.4, 0.5) is 0 Å². The SMILES string of the molecule is CCCc1[nH]n(-c2ccc(OC)cc2)c(=O)c1C(C)=NCCc1c[nH]c2ccc(Cl)cc12. The third kappa shape index (κ3) is 4.36. The number of halogens is 1. The first-order valence-electron chi connectivity index (χ1n) is 10.8. The van der Waals surface area contributed by atoms with Crippen LogP contribution in [0.3, 0.4) is 0 Å². The van der Waals surface area contributed by atoms with Crippen LogP contribution in [0.15, 0.2) is 58.4 Å². The van der Waals surface area contributed by atoms with Crippen LogP contribution in [-0.2, 0) is 12.8 Å². The molecule has 4 aromatic rings. The number of methoxy groups -OCH3 is 1. The number of nitrogens with one attached hydrogen (secondary N) is 2. The lowest BCUT2D eigenvalue weighted by Gasteiger charge is -2.03. The number of nitrogens with zero attached hydrogens (tertiary/aromatic N) is 2. The van der Waals surface area contributed by atoms with Crippen molar-refractivity contribution in [2.24, 2.45) is 4.99 Å². The molecule has 32 heavy (non-hydrogen) atoms. The molecular weight excluding hydrogens is 424 g/mol. The maximum absolute atomic E-state index is 13.3. The number of aromatic amines is 2. The maximum Gasteiger partial charge on any atom is 0.280 e. The molecule has 166 valence electrons. The lowest BCUT2D eigenvalue weighted by Crippen LogP contribution is -2.20. The predicted octanol–water partition coefficient (Wildman–Crippen LogP) is 5.31. The molecule has 0 aliphatic carbocycles. The topological polar surface area (TPSA) is 75.2 Å². The van der Waals surface area contributed by atoms with Gasteiger partial charge in [-0.2, -0.15) is 0 Å². The van der Waals surface area contributed by atoms with Crippen LogP contribution in [0.25, 0.3) is 16.6 Å². The minimum Gasteiger partial charge on any atom is -0.497 e. The van der Waals surface area contributed by atoms with Gasteiger partial charge in [-0.3, -0.25) is 14.9 Å². The smallest absolute Gasteiger partial charge is 0.280 e.